The van der Waals surface area contributed by atoms with Gasteiger partial charge in [-0.1, -0.05) is 35.9 Å². The van der Waals surface area contributed by atoms with Gasteiger partial charge in [0.05, 0.1) is 18.2 Å². The number of nitrogens with one attached hydrogen (secondary N) is 2. The zero-order valence-corrected chi connectivity index (χ0v) is 15.8. The van der Waals surface area contributed by atoms with Crippen molar-refractivity contribution in [2.24, 2.45) is 5.73 Å². The molecular weight excluding hydrogens is 366 g/mol. The van der Waals surface area contributed by atoms with Crippen LogP contribution in [-0.4, -0.2) is 18.4 Å². The molecule has 7 heteroatoms. The number of benzene rings is 1. The van der Waals surface area contributed by atoms with E-state index in [1.54, 1.807) is 22.8 Å². The van der Waals surface area contributed by atoms with Crippen molar-refractivity contribution < 1.29 is 9.59 Å². The van der Waals surface area contributed by atoms with Crippen LogP contribution in [0.15, 0.2) is 53.2 Å². The number of anilines is 1. The molecular formula is C19H19N3O2S2. The number of primary amides is 1. The fourth-order valence-corrected chi connectivity index (χ4v) is 4.20. The van der Waals surface area contributed by atoms with Crippen LogP contribution in [0.1, 0.15) is 32.4 Å². The number of nitrogens with two attached hydrogens (primary N) is 1. The lowest BCUT2D eigenvalue weighted by Crippen LogP contribution is -2.31. The zero-order valence-electron chi connectivity index (χ0n) is 14.2. The van der Waals surface area contributed by atoms with Gasteiger partial charge >= 0.3 is 0 Å². The summed E-state index contributed by atoms with van der Waals surface area (Å²) in [5.74, 6) is -0.769. The van der Waals surface area contributed by atoms with E-state index < -0.39 is 5.91 Å². The van der Waals surface area contributed by atoms with Crippen molar-refractivity contribution in [3.05, 3.63) is 74.8 Å². The number of amides is 2. The molecule has 5 nitrogen and oxygen atoms in total. The van der Waals surface area contributed by atoms with Crippen molar-refractivity contribution in [2.75, 3.05) is 11.9 Å². The van der Waals surface area contributed by atoms with Crippen LogP contribution in [0.25, 0.3) is 0 Å². The van der Waals surface area contributed by atoms with E-state index in [1.165, 1.54) is 16.9 Å². The van der Waals surface area contributed by atoms with E-state index >= 15 is 0 Å². The van der Waals surface area contributed by atoms with E-state index in [9.17, 15) is 9.59 Å². The highest BCUT2D eigenvalue weighted by molar-refractivity contribution is 7.14. The first-order chi connectivity index (χ1) is 12.5. The van der Waals surface area contributed by atoms with Crippen LogP contribution < -0.4 is 16.4 Å². The fraction of sp³-hybridized carbons (Fsp3) is 0.158. The Kier molecular flexibility index (Phi) is 5.82. The lowest BCUT2D eigenvalue weighted by molar-refractivity contribution is -0.115. The Bertz CT molecular complexity index is 886. The SMILES string of the molecule is Cc1ccc([C@@H](NCC(=O)Nc2sccc2C(N)=O)c2cccs2)cc1. The summed E-state index contributed by atoms with van der Waals surface area (Å²) in [6, 6.07) is 13.8. The van der Waals surface area contributed by atoms with Crippen LogP contribution in [0, 0.1) is 6.92 Å². The summed E-state index contributed by atoms with van der Waals surface area (Å²) < 4.78 is 0. The van der Waals surface area contributed by atoms with Gasteiger partial charge in [0.25, 0.3) is 5.91 Å². The second-order valence-corrected chi connectivity index (χ2v) is 7.71. The standard InChI is InChI=1S/C19H19N3O2S2/c1-12-4-6-13(7-5-12)17(15-3-2-9-25-15)21-11-16(23)22-19-14(18(20)24)8-10-26-19/h2-10,17,21H,11H2,1H3,(H2,20,24)(H,22,23)/t17-/m1/s1. The molecule has 0 unspecified atom stereocenters. The van der Waals surface area contributed by atoms with Gasteiger partial charge in [-0.2, -0.15) is 0 Å². The molecule has 0 radical (unpaired) electrons. The van der Waals surface area contributed by atoms with Gasteiger partial charge in [0, 0.05) is 4.88 Å². The number of thiophene rings is 2. The first-order valence-electron chi connectivity index (χ1n) is 8.05. The number of hydrogen-bond donors (Lipinski definition) is 3. The highest BCUT2D eigenvalue weighted by atomic mass is 32.1. The van der Waals surface area contributed by atoms with Crippen LogP contribution >= 0.6 is 22.7 Å². The van der Waals surface area contributed by atoms with Crippen LogP contribution in [0.4, 0.5) is 5.00 Å². The summed E-state index contributed by atoms with van der Waals surface area (Å²) in [4.78, 5) is 24.8. The van der Waals surface area contributed by atoms with E-state index in [0.717, 1.165) is 10.4 Å². The van der Waals surface area contributed by atoms with Gasteiger partial charge in [0.1, 0.15) is 5.00 Å². The lowest BCUT2D eigenvalue weighted by atomic mass is 10.0. The number of aryl methyl sites for hydroxylation is 1. The Morgan fingerprint density at radius 3 is 2.50 bits per heavy atom. The number of hydrogen-bond acceptors (Lipinski definition) is 5. The molecule has 0 spiro atoms. The normalized spacial score (nSPS) is 11.9. The van der Waals surface area contributed by atoms with Gasteiger partial charge in [0.15, 0.2) is 0 Å². The molecule has 0 fully saturated rings. The van der Waals surface area contributed by atoms with Crippen LogP contribution in [0.5, 0.6) is 0 Å². The number of carbonyl (C=O) groups is 2. The molecule has 0 bridgehead atoms. The summed E-state index contributed by atoms with van der Waals surface area (Å²) >= 11 is 2.92. The highest BCUT2D eigenvalue weighted by Gasteiger charge is 2.17. The van der Waals surface area contributed by atoms with Crippen molar-refractivity contribution in [1.82, 2.24) is 5.32 Å². The molecule has 0 saturated heterocycles. The molecule has 2 amide bonds. The Balaban J connectivity index is 1.70. The van der Waals surface area contributed by atoms with Gasteiger partial charge in [-0.3, -0.25) is 14.9 Å². The van der Waals surface area contributed by atoms with Gasteiger partial charge in [-0.15, -0.1) is 22.7 Å². The Labute approximate surface area is 159 Å². The van der Waals surface area contributed by atoms with Gasteiger partial charge < -0.3 is 11.1 Å². The third-order valence-corrected chi connectivity index (χ3v) is 5.66. The molecule has 4 N–H and O–H groups in total. The first kappa shape index (κ1) is 18.3. The third-order valence-electron chi connectivity index (χ3n) is 3.89. The molecule has 26 heavy (non-hydrogen) atoms. The van der Waals surface area contributed by atoms with Crippen molar-refractivity contribution in [2.45, 2.75) is 13.0 Å². The van der Waals surface area contributed by atoms with E-state index in [2.05, 4.69) is 34.9 Å². The summed E-state index contributed by atoms with van der Waals surface area (Å²) in [6.07, 6.45) is 0. The minimum Gasteiger partial charge on any atom is -0.366 e. The van der Waals surface area contributed by atoms with Gasteiger partial charge in [-0.05, 0) is 35.4 Å². The summed E-state index contributed by atoms with van der Waals surface area (Å²) in [5.41, 5.74) is 7.93. The molecule has 2 heterocycles. The van der Waals surface area contributed by atoms with Crippen LogP contribution in [0.2, 0.25) is 0 Å². The number of rotatable bonds is 7. The second kappa shape index (κ2) is 8.27. The Morgan fingerprint density at radius 2 is 1.85 bits per heavy atom. The average Bonchev–Trinajstić information content (AvgIpc) is 3.28. The first-order valence-corrected chi connectivity index (χ1v) is 9.81. The molecule has 0 saturated carbocycles. The maximum atomic E-state index is 12.3. The second-order valence-electron chi connectivity index (χ2n) is 5.82. The monoisotopic (exact) mass is 385 g/mol. The predicted octanol–water partition coefficient (Wildman–Crippen LogP) is 3.53. The van der Waals surface area contributed by atoms with Gasteiger partial charge in [0.2, 0.25) is 5.91 Å². The maximum absolute atomic E-state index is 12.3. The molecule has 0 aliphatic rings. The van der Waals surface area contributed by atoms with E-state index in [4.69, 9.17) is 5.73 Å². The smallest absolute Gasteiger partial charge is 0.251 e. The van der Waals surface area contributed by atoms with E-state index in [0.29, 0.717) is 10.6 Å². The molecule has 1 aromatic carbocycles. The van der Waals surface area contributed by atoms with Crippen molar-refractivity contribution in [1.29, 1.82) is 0 Å². The topological polar surface area (TPSA) is 84.2 Å². The predicted molar refractivity (Wildman–Crippen MR) is 107 cm³/mol. The molecule has 3 rings (SSSR count). The molecule has 0 aliphatic carbocycles. The van der Waals surface area contributed by atoms with Crippen molar-refractivity contribution in [3.63, 3.8) is 0 Å². The summed E-state index contributed by atoms with van der Waals surface area (Å²) in [5, 5.41) is 10.3. The molecule has 134 valence electrons. The van der Waals surface area contributed by atoms with Crippen LogP contribution in [0.3, 0.4) is 0 Å². The highest BCUT2D eigenvalue weighted by Crippen LogP contribution is 2.26. The summed E-state index contributed by atoms with van der Waals surface area (Å²) in [6.45, 7) is 2.16. The minimum absolute atomic E-state index is 0.0692. The molecule has 0 aliphatic heterocycles. The minimum atomic E-state index is -0.550. The Morgan fingerprint density at radius 1 is 1.08 bits per heavy atom. The summed E-state index contributed by atoms with van der Waals surface area (Å²) in [7, 11) is 0. The quantitative estimate of drug-likeness (QED) is 0.582. The molecule has 1 atom stereocenters. The molecule has 2 aromatic heterocycles. The van der Waals surface area contributed by atoms with Gasteiger partial charge in [-0.25, -0.2) is 0 Å². The molecule has 3 aromatic rings. The average molecular weight is 386 g/mol. The largest absolute Gasteiger partial charge is 0.366 e. The Hall–Kier alpha value is -2.48. The maximum Gasteiger partial charge on any atom is 0.251 e. The van der Waals surface area contributed by atoms with Crippen LogP contribution in [-0.2, 0) is 4.79 Å². The number of carbonyl (C=O) groups excluding carboxylic acids is 2. The zero-order chi connectivity index (χ0) is 18.5. The van der Waals surface area contributed by atoms with E-state index in [1.807, 2.05) is 24.4 Å². The van der Waals surface area contributed by atoms with Crippen molar-refractivity contribution >= 4 is 39.5 Å². The fourth-order valence-electron chi connectivity index (χ4n) is 2.56. The lowest BCUT2D eigenvalue weighted by Gasteiger charge is -2.18. The van der Waals surface area contributed by atoms with E-state index in [-0.39, 0.29) is 18.5 Å². The third kappa shape index (κ3) is 4.37. The van der Waals surface area contributed by atoms with Crippen molar-refractivity contribution in [3.8, 4) is 0 Å².